The summed E-state index contributed by atoms with van der Waals surface area (Å²) in [7, 11) is -3.54. The van der Waals surface area contributed by atoms with E-state index in [9.17, 15) is 13.2 Å². The Morgan fingerprint density at radius 2 is 1.64 bits per heavy atom. The lowest BCUT2D eigenvalue weighted by atomic mass is 9.87. The molecule has 4 nitrogen and oxygen atoms in total. The topological polar surface area (TPSA) is 63.2 Å². The van der Waals surface area contributed by atoms with Crippen molar-refractivity contribution in [1.82, 2.24) is 5.32 Å². The standard InChI is InChI=1S/C20H31NO3S/c1-13-6-8-18(9-7-13)21-20(22)17(5)25(23,24)12-19-15(3)10-14(2)11-16(19)4/h10-11,13,17-18H,6-9,12H2,1-5H3,(H,21,22). The van der Waals surface area contributed by atoms with Gasteiger partial charge in [-0.25, -0.2) is 8.42 Å². The minimum absolute atomic E-state index is 0.0821. The monoisotopic (exact) mass is 365 g/mol. The summed E-state index contributed by atoms with van der Waals surface area (Å²) in [5, 5.41) is 1.93. The Kier molecular flexibility index (Phi) is 6.30. The second-order valence-electron chi connectivity index (χ2n) is 7.79. The van der Waals surface area contributed by atoms with Crippen molar-refractivity contribution in [1.29, 1.82) is 0 Å². The van der Waals surface area contributed by atoms with Gasteiger partial charge in [0.05, 0.1) is 5.75 Å². The van der Waals surface area contributed by atoms with Crippen molar-refractivity contribution in [2.24, 2.45) is 5.92 Å². The molecule has 0 saturated heterocycles. The van der Waals surface area contributed by atoms with Gasteiger partial charge < -0.3 is 5.32 Å². The van der Waals surface area contributed by atoms with Gasteiger partial charge in [-0.05, 0) is 76.0 Å². The zero-order valence-electron chi connectivity index (χ0n) is 16.1. The van der Waals surface area contributed by atoms with Crippen molar-refractivity contribution in [2.45, 2.75) is 77.3 Å². The normalized spacial score (nSPS) is 22.4. The summed E-state index contributed by atoms with van der Waals surface area (Å²) >= 11 is 0. The minimum atomic E-state index is -3.54. The predicted octanol–water partition coefficient (Wildman–Crippen LogP) is 3.61. The Hall–Kier alpha value is -1.36. The van der Waals surface area contributed by atoms with Gasteiger partial charge in [0.1, 0.15) is 5.25 Å². The number of hydrogen-bond acceptors (Lipinski definition) is 3. The van der Waals surface area contributed by atoms with Gasteiger partial charge in [0.2, 0.25) is 5.91 Å². The van der Waals surface area contributed by atoms with Gasteiger partial charge >= 0.3 is 0 Å². The highest BCUT2D eigenvalue weighted by molar-refractivity contribution is 7.92. The fourth-order valence-corrected chi connectivity index (χ4v) is 5.15. The number of aryl methyl sites for hydroxylation is 3. The van der Waals surface area contributed by atoms with Crippen LogP contribution in [-0.4, -0.2) is 25.6 Å². The van der Waals surface area contributed by atoms with Gasteiger partial charge in [0.25, 0.3) is 0 Å². The highest BCUT2D eigenvalue weighted by Crippen LogP contribution is 2.24. The van der Waals surface area contributed by atoms with E-state index < -0.39 is 15.1 Å². The lowest BCUT2D eigenvalue weighted by Crippen LogP contribution is -2.44. The summed E-state index contributed by atoms with van der Waals surface area (Å²) in [5.74, 6) is 0.255. The predicted molar refractivity (Wildman–Crippen MR) is 102 cm³/mol. The number of rotatable bonds is 5. The average molecular weight is 366 g/mol. The fourth-order valence-electron chi connectivity index (χ4n) is 3.65. The number of benzene rings is 1. The van der Waals surface area contributed by atoms with Gasteiger partial charge in [0.15, 0.2) is 9.84 Å². The summed E-state index contributed by atoms with van der Waals surface area (Å²) in [6.45, 7) is 9.59. The first kappa shape index (κ1) is 20.0. The van der Waals surface area contributed by atoms with Crippen LogP contribution in [0.25, 0.3) is 0 Å². The van der Waals surface area contributed by atoms with Crippen LogP contribution in [0.2, 0.25) is 0 Å². The van der Waals surface area contributed by atoms with Crippen molar-refractivity contribution >= 4 is 15.7 Å². The third-order valence-corrected chi connectivity index (χ3v) is 7.44. The van der Waals surface area contributed by atoms with Crippen LogP contribution in [-0.2, 0) is 20.4 Å². The van der Waals surface area contributed by atoms with Crippen LogP contribution in [0.1, 0.15) is 61.8 Å². The molecule has 2 rings (SSSR count). The van der Waals surface area contributed by atoms with Crippen molar-refractivity contribution in [3.05, 3.63) is 34.4 Å². The molecule has 0 radical (unpaired) electrons. The van der Waals surface area contributed by atoms with E-state index in [1.807, 2.05) is 32.9 Å². The van der Waals surface area contributed by atoms with Crippen LogP contribution in [0.5, 0.6) is 0 Å². The second-order valence-corrected chi connectivity index (χ2v) is 10.1. The quantitative estimate of drug-likeness (QED) is 0.867. The molecule has 1 aromatic carbocycles. The highest BCUT2D eigenvalue weighted by Gasteiger charge is 2.31. The molecule has 1 aromatic rings. The van der Waals surface area contributed by atoms with E-state index in [-0.39, 0.29) is 17.7 Å². The molecule has 1 amide bonds. The minimum Gasteiger partial charge on any atom is -0.352 e. The molecule has 1 aliphatic carbocycles. The van der Waals surface area contributed by atoms with Crippen molar-refractivity contribution in [2.75, 3.05) is 0 Å². The Bertz CT molecular complexity index is 708. The van der Waals surface area contributed by atoms with Crippen LogP contribution in [0.15, 0.2) is 12.1 Å². The van der Waals surface area contributed by atoms with Crippen LogP contribution in [0, 0.1) is 26.7 Å². The van der Waals surface area contributed by atoms with E-state index in [4.69, 9.17) is 0 Å². The smallest absolute Gasteiger partial charge is 0.238 e. The molecule has 0 spiro atoms. The lowest BCUT2D eigenvalue weighted by molar-refractivity contribution is -0.121. The van der Waals surface area contributed by atoms with Crippen LogP contribution < -0.4 is 5.32 Å². The summed E-state index contributed by atoms with van der Waals surface area (Å²) in [6.07, 6.45) is 4.06. The van der Waals surface area contributed by atoms with E-state index in [0.717, 1.165) is 47.9 Å². The molecule has 0 heterocycles. The molecule has 1 saturated carbocycles. The molecule has 1 fully saturated rings. The van der Waals surface area contributed by atoms with Crippen LogP contribution >= 0.6 is 0 Å². The van der Waals surface area contributed by atoms with Crippen molar-refractivity contribution in [3.8, 4) is 0 Å². The fraction of sp³-hybridized carbons (Fsp3) is 0.650. The number of hydrogen-bond donors (Lipinski definition) is 1. The molecule has 1 aliphatic rings. The molecule has 1 N–H and O–H groups in total. The van der Waals surface area contributed by atoms with Gasteiger partial charge in [-0.3, -0.25) is 4.79 Å². The Labute approximate surface area is 152 Å². The molecular formula is C20H31NO3S. The average Bonchev–Trinajstić information content (AvgIpc) is 2.52. The van der Waals surface area contributed by atoms with Crippen molar-refractivity contribution in [3.63, 3.8) is 0 Å². The van der Waals surface area contributed by atoms with E-state index in [1.54, 1.807) is 0 Å². The zero-order valence-corrected chi connectivity index (χ0v) is 16.9. The second kappa shape index (κ2) is 7.90. The Morgan fingerprint density at radius 3 is 2.16 bits per heavy atom. The number of carbonyl (C=O) groups is 1. The summed E-state index contributed by atoms with van der Waals surface area (Å²) in [5.41, 5.74) is 3.87. The van der Waals surface area contributed by atoms with E-state index in [0.29, 0.717) is 5.92 Å². The Morgan fingerprint density at radius 1 is 1.12 bits per heavy atom. The summed E-state index contributed by atoms with van der Waals surface area (Å²) in [4.78, 5) is 12.5. The number of sulfone groups is 1. The molecule has 0 bridgehead atoms. The Balaban J connectivity index is 2.07. The molecule has 5 heteroatoms. The first-order chi connectivity index (χ1) is 11.6. The molecule has 0 aromatic heterocycles. The maximum absolute atomic E-state index is 12.8. The van der Waals surface area contributed by atoms with E-state index in [1.165, 1.54) is 6.92 Å². The lowest BCUT2D eigenvalue weighted by Gasteiger charge is -2.28. The summed E-state index contributed by atoms with van der Waals surface area (Å²) < 4.78 is 25.5. The van der Waals surface area contributed by atoms with Crippen LogP contribution in [0.3, 0.4) is 0 Å². The van der Waals surface area contributed by atoms with Crippen LogP contribution in [0.4, 0.5) is 0 Å². The van der Waals surface area contributed by atoms with Gasteiger partial charge in [-0.15, -0.1) is 0 Å². The number of carbonyl (C=O) groups excluding carboxylic acids is 1. The molecule has 0 aliphatic heterocycles. The molecule has 1 atom stereocenters. The van der Waals surface area contributed by atoms with E-state index >= 15 is 0 Å². The summed E-state index contributed by atoms with van der Waals surface area (Å²) in [6, 6.07) is 4.10. The first-order valence-electron chi connectivity index (χ1n) is 9.19. The van der Waals surface area contributed by atoms with Gasteiger partial charge in [-0.1, -0.05) is 24.6 Å². The number of amides is 1. The molecular weight excluding hydrogens is 334 g/mol. The number of nitrogens with one attached hydrogen (secondary N) is 1. The van der Waals surface area contributed by atoms with Gasteiger partial charge in [0, 0.05) is 6.04 Å². The molecule has 140 valence electrons. The molecule has 1 unspecified atom stereocenters. The van der Waals surface area contributed by atoms with E-state index in [2.05, 4.69) is 12.2 Å². The van der Waals surface area contributed by atoms with Crippen molar-refractivity contribution < 1.29 is 13.2 Å². The molecule has 25 heavy (non-hydrogen) atoms. The maximum Gasteiger partial charge on any atom is 0.238 e. The first-order valence-corrected chi connectivity index (χ1v) is 10.9. The maximum atomic E-state index is 12.8. The third kappa shape index (κ3) is 5.06. The van der Waals surface area contributed by atoms with Gasteiger partial charge in [-0.2, -0.15) is 0 Å². The SMILES string of the molecule is Cc1cc(C)c(CS(=O)(=O)C(C)C(=O)NC2CCC(C)CC2)c(C)c1. The third-order valence-electron chi connectivity index (χ3n) is 5.46. The largest absolute Gasteiger partial charge is 0.352 e. The highest BCUT2D eigenvalue weighted by atomic mass is 32.2. The zero-order chi connectivity index (χ0) is 18.8.